The lowest BCUT2D eigenvalue weighted by Gasteiger charge is -2.36. The van der Waals surface area contributed by atoms with Gasteiger partial charge in [-0.2, -0.15) is 0 Å². The number of carbonyl (C=O) groups is 2. The van der Waals surface area contributed by atoms with Crippen molar-refractivity contribution >= 4 is 11.9 Å². The summed E-state index contributed by atoms with van der Waals surface area (Å²) in [5, 5.41) is 0. The Morgan fingerprint density at radius 2 is 1.50 bits per heavy atom. The lowest BCUT2D eigenvalue weighted by molar-refractivity contribution is -0.173. The summed E-state index contributed by atoms with van der Waals surface area (Å²) in [7, 11) is 0. The average Bonchev–Trinajstić information content (AvgIpc) is 2.60. The van der Waals surface area contributed by atoms with Gasteiger partial charge in [0.1, 0.15) is 0 Å². The number of esters is 2. The second kappa shape index (κ2) is 11.2. The van der Waals surface area contributed by atoms with Crippen LogP contribution in [0.25, 0.3) is 0 Å². The zero-order valence-corrected chi connectivity index (χ0v) is 17.2. The number of hydrogen-bond acceptors (Lipinski definition) is 4. The molecule has 1 fully saturated rings. The average molecular weight is 365 g/mol. The third-order valence-electron chi connectivity index (χ3n) is 5.04. The Kier molecular flexibility index (Phi) is 9.68. The van der Waals surface area contributed by atoms with Crippen molar-refractivity contribution in [3.05, 3.63) is 23.3 Å². The molecule has 1 saturated carbocycles. The van der Waals surface area contributed by atoms with E-state index in [1.165, 1.54) is 5.57 Å². The number of carbonyl (C=O) groups excluding carboxylic acids is 2. The standard InChI is InChI=1S/C22H36O4/c1-6-25-20(23)22(21(24)26-7-2,19-14-9-8-10-15-19)16-18(5)13-11-12-17(3)4/h12,16,19H,6-11,13-15H2,1-5H3/b18-16-. The Morgan fingerprint density at radius 3 is 1.96 bits per heavy atom. The first-order valence-corrected chi connectivity index (χ1v) is 10.0. The van der Waals surface area contributed by atoms with Gasteiger partial charge >= 0.3 is 11.9 Å². The van der Waals surface area contributed by atoms with Crippen LogP contribution in [-0.4, -0.2) is 25.2 Å². The third kappa shape index (κ3) is 6.00. The molecule has 0 saturated heterocycles. The third-order valence-corrected chi connectivity index (χ3v) is 5.04. The Morgan fingerprint density at radius 1 is 0.962 bits per heavy atom. The minimum atomic E-state index is -1.30. The molecule has 148 valence electrons. The number of hydrogen-bond donors (Lipinski definition) is 0. The van der Waals surface area contributed by atoms with E-state index in [0.29, 0.717) is 0 Å². The molecule has 1 aliphatic rings. The molecule has 0 atom stereocenters. The molecule has 0 aliphatic heterocycles. The van der Waals surface area contributed by atoms with Crippen molar-refractivity contribution in [1.29, 1.82) is 0 Å². The van der Waals surface area contributed by atoms with E-state index >= 15 is 0 Å². The first-order valence-electron chi connectivity index (χ1n) is 10.0. The van der Waals surface area contributed by atoms with Crippen LogP contribution in [0.2, 0.25) is 0 Å². The summed E-state index contributed by atoms with van der Waals surface area (Å²) in [6, 6.07) is 0. The van der Waals surface area contributed by atoms with Crippen molar-refractivity contribution in [3.8, 4) is 0 Å². The summed E-state index contributed by atoms with van der Waals surface area (Å²) < 4.78 is 10.8. The van der Waals surface area contributed by atoms with Crippen molar-refractivity contribution in [2.45, 2.75) is 79.6 Å². The van der Waals surface area contributed by atoms with Crippen LogP contribution in [0.5, 0.6) is 0 Å². The van der Waals surface area contributed by atoms with Crippen LogP contribution >= 0.6 is 0 Å². The molecule has 0 aromatic carbocycles. The quantitative estimate of drug-likeness (QED) is 0.313. The first-order chi connectivity index (χ1) is 12.4. The molecule has 4 heteroatoms. The summed E-state index contributed by atoms with van der Waals surface area (Å²) in [5.41, 5.74) is 1.00. The molecule has 0 aromatic rings. The highest BCUT2D eigenvalue weighted by atomic mass is 16.6. The maximum absolute atomic E-state index is 13.0. The SMILES string of the molecule is CCOC(=O)C(/C=C(/C)CCC=C(C)C)(C(=O)OCC)C1CCCCC1. The van der Waals surface area contributed by atoms with Crippen LogP contribution < -0.4 is 0 Å². The van der Waals surface area contributed by atoms with E-state index in [4.69, 9.17) is 9.47 Å². The van der Waals surface area contributed by atoms with Gasteiger partial charge in [0.2, 0.25) is 0 Å². The minimum Gasteiger partial charge on any atom is -0.465 e. The van der Waals surface area contributed by atoms with Crippen LogP contribution in [0.1, 0.15) is 79.6 Å². The smallest absolute Gasteiger partial charge is 0.327 e. The van der Waals surface area contributed by atoms with Gasteiger partial charge in [-0.15, -0.1) is 0 Å². The maximum atomic E-state index is 13.0. The van der Waals surface area contributed by atoms with Crippen LogP contribution in [0, 0.1) is 11.3 Å². The summed E-state index contributed by atoms with van der Waals surface area (Å²) in [5.74, 6) is -0.952. The van der Waals surface area contributed by atoms with E-state index < -0.39 is 17.4 Å². The zero-order chi connectivity index (χ0) is 19.6. The van der Waals surface area contributed by atoms with Gasteiger partial charge in [0.05, 0.1) is 13.2 Å². The van der Waals surface area contributed by atoms with Crippen LogP contribution in [-0.2, 0) is 19.1 Å². The maximum Gasteiger partial charge on any atom is 0.327 e. The molecular formula is C22H36O4. The molecular weight excluding hydrogens is 328 g/mol. The normalized spacial score (nSPS) is 16.1. The topological polar surface area (TPSA) is 52.6 Å². The number of rotatable bonds is 9. The van der Waals surface area contributed by atoms with E-state index in [9.17, 15) is 9.59 Å². The highest BCUT2D eigenvalue weighted by Gasteiger charge is 2.53. The van der Waals surface area contributed by atoms with Gasteiger partial charge in [-0.3, -0.25) is 9.59 Å². The molecule has 0 spiro atoms. The molecule has 1 rings (SSSR count). The fourth-order valence-corrected chi connectivity index (χ4v) is 3.76. The van der Waals surface area contributed by atoms with Gasteiger partial charge in [-0.25, -0.2) is 0 Å². The monoisotopic (exact) mass is 364 g/mol. The molecule has 0 N–H and O–H groups in total. The van der Waals surface area contributed by atoms with Crippen molar-refractivity contribution in [3.63, 3.8) is 0 Å². The van der Waals surface area contributed by atoms with Gasteiger partial charge in [0, 0.05) is 0 Å². The molecule has 1 aliphatic carbocycles. The molecule has 0 radical (unpaired) electrons. The van der Waals surface area contributed by atoms with E-state index in [2.05, 4.69) is 19.9 Å². The Bertz CT molecular complexity index is 502. The van der Waals surface area contributed by atoms with Crippen LogP contribution in [0.4, 0.5) is 0 Å². The largest absolute Gasteiger partial charge is 0.465 e. The summed E-state index contributed by atoms with van der Waals surface area (Å²) >= 11 is 0. The number of allylic oxidation sites excluding steroid dienone is 3. The Hall–Kier alpha value is -1.58. The van der Waals surface area contributed by atoms with E-state index in [-0.39, 0.29) is 19.1 Å². The highest BCUT2D eigenvalue weighted by Crippen LogP contribution is 2.43. The second-order valence-corrected chi connectivity index (χ2v) is 7.46. The molecule has 4 nitrogen and oxygen atoms in total. The van der Waals surface area contributed by atoms with Crippen molar-refractivity contribution in [2.75, 3.05) is 13.2 Å². The van der Waals surface area contributed by atoms with Crippen LogP contribution in [0.15, 0.2) is 23.3 Å². The fraction of sp³-hybridized carbons (Fsp3) is 0.727. The van der Waals surface area contributed by atoms with E-state index in [1.54, 1.807) is 13.8 Å². The van der Waals surface area contributed by atoms with Gasteiger partial charge in [0.25, 0.3) is 0 Å². The molecule has 0 amide bonds. The van der Waals surface area contributed by atoms with E-state index in [1.807, 2.05) is 13.0 Å². The molecule has 0 bridgehead atoms. The first kappa shape index (κ1) is 22.5. The minimum absolute atomic E-state index is 0.0484. The molecule has 26 heavy (non-hydrogen) atoms. The fourth-order valence-electron chi connectivity index (χ4n) is 3.76. The lowest BCUT2D eigenvalue weighted by Crippen LogP contribution is -2.47. The summed E-state index contributed by atoms with van der Waals surface area (Å²) in [4.78, 5) is 26.0. The Labute approximate surface area is 159 Å². The van der Waals surface area contributed by atoms with Gasteiger partial charge < -0.3 is 9.47 Å². The van der Waals surface area contributed by atoms with Gasteiger partial charge in [0.15, 0.2) is 5.41 Å². The highest BCUT2D eigenvalue weighted by molar-refractivity contribution is 6.03. The van der Waals surface area contributed by atoms with Gasteiger partial charge in [-0.1, -0.05) is 42.6 Å². The predicted octanol–water partition coefficient (Wildman–Crippen LogP) is 5.37. The van der Waals surface area contributed by atoms with E-state index in [0.717, 1.165) is 50.5 Å². The molecule has 0 heterocycles. The van der Waals surface area contributed by atoms with Crippen LogP contribution in [0.3, 0.4) is 0 Å². The molecule has 0 aromatic heterocycles. The molecule has 0 unspecified atom stereocenters. The van der Waals surface area contributed by atoms with Crippen molar-refractivity contribution in [1.82, 2.24) is 0 Å². The lowest BCUT2D eigenvalue weighted by atomic mass is 9.67. The van der Waals surface area contributed by atoms with Crippen molar-refractivity contribution < 1.29 is 19.1 Å². The number of ether oxygens (including phenoxy) is 2. The predicted molar refractivity (Wildman–Crippen MR) is 105 cm³/mol. The zero-order valence-electron chi connectivity index (χ0n) is 17.2. The summed E-state index contributed by atoms with van der Waals surface area (Å²) in [6.07, 6.45) is 10.7. The Balaban J connectivity index is 3.27. The van der Waals surface area contributed by atoms with Crippen molar-refractivity contribution in [2.24, 2.45) is 11.3 Å². The summed E-state index contributed by atoms with van der Waals surface area (Å²) in [6.45, 7) is 10.2. The second-order valence-electron chi connectivity index (χ2n) is 7.46. The van der Waals surface area contributed by atoms with Gasteiger partial charge in [-0.05, 0) is 66.2 Å².